The van der Waals surface area contributed by atoms with Gasteiger partial charge in [-0.05, 0) is 6.92 Å². The zero-order chi connectivity index (χ0) is 12.4. The normalized spacial score (nSPS) is 15.6. The molecular weight excluding hydrogens is 227 g/mol. The van der Waals surface area contributed by atoms with Crippen LogP contribution in [0.2, 0.25) is 0 Å². The molecule has 0 bridgehead atoms. The molecule has 0 saturated carbocycles. The smallest absolute Gasteiger partial charge is 0.360 e. The van der Waals surface area contributed by atoms with Crippen molar-refractivity contribution in [2.75, 3.05) is 0 Å². The van der Waals surface area contributed by atoms with Crippen molar-refractivity contribution in [2.45, 2.75) is 25.2 Å². The maximum atomic E-state index is 12.3. The molecular formula is C8H10F3N3O2. The lowest BCUT2D eigenvalue weighted by Gasteiger charge is -2.25. The first-order chi connectivity index (χ1) is 7.25. The summed E-state index contributed by atoms with van der Waals surface area (Å²) in [5.74, 6) is -1.08. The second kappa shape index (κ2) is 4.12. The summed E-state index contributed by atoms with van der Waals surface area (Å²) in [5.41, 5.74) is 1.97. The van der Waals surface area contributed by atoms with Crippen LogP contribution in [0, 0.1) is 0 Å². The number of hydrogen-bond acceptors (Lipinski definition) is 4. The molecule has 8 heteroatoms. The number of alkyl halides is 3. The zero-order valence-corrected chi connectivity index (χ0v) is 8.34. The third-order valence-corrected chi connectivity index (χ3v) is 1.97. The molecule has 0 aromatic carbocycles. The highest BCUT2D eigenvalue weighted by molar-refractivity contribution is 5.86. The van der Waals surface area contributed by atoms with Gasteiger partial charge in [0.1, 0.15) is 0 Å². The lowest BCUT2D eigenvalue weighted by Crippen LogP contribution is -2.61. The molecule has 1 rings (SSSR count). The van der Waals surface area contributed by atoms with Crippen LogP contribution in [0.15, 0.2) is 16.8 Å². The maximum absolute atomic E-state index is 12.3. The summed E-state index contributed by atoms with van der Waals surface area (Å²) in [7, 11) is 0. The first kappa shape index (κ1) is 12.5. The fourth-order valence-electron chi connectivity index (χ4n) is 0.813. The Hall–Kier alpha value is -1.57. The topological polar surface area (TPSA) is 81.2 Å². The predicted molar refractivity (Wildman–Crippen MR) is 47.0 cm³/mol. The van der Waals surface area contributed by atoms with E-state index < -0.39 is 17.6 Å². The molecule has 0 saturated heterocycles. The average molecular weight is 237 g/mol. The fourth-order valence-corrected chi connectivity index (χ4v) is 0.813. The molecule has 1 aromatic rings. The van der Waals surface area contributed by atoms with Gasteiger partial charge >= 0.3 is 6.18 Å². The van der Waals surface area contributed by atoms with Gasteiger partial charge in [-0.2, -0.15) is 13.2 Å². The number of amides is 1. The van der Waals surface area contributed by atoms with Gasteiger partial charge in [0.05, 0.1) is 12.7 Å². The number of halogens is 3. The molecule has 1 heterocycles. The molecule has 1 unspecified atom stereocenters. The van der Waals surface area contributed by atoms with E-state index in [4.69, 9.17) is 5.73 Å². The Balaban J connectivity index is 2.59. The summed E-state index contributed by atoms with van der Waals surface area (Å²) >= 11 is 0. The molecule has 16 heavy (non-hydrogen) atoms. The number of nitrogens with one attached hydrogen (secondary N) is 1. The van der Waals surface area contributed by atoms with Gasteiger partial charge in [-0.1, -0.05) is 5.16 Å². The van der Waals surface area contributed by atoms with E-state index in [-0.39, 0.29) is 12.3 Å². The van der Waals surface area contributed by atoms with Crippen LogP contribution in [0.25, 0.3) is 0 Å². The monoisotopic (exact) mass is 237 g/mol. The Labute approximate surface area is 88.8 Å². The van der Waals surface area contributed by atoms with Crippen molar-refractivity contribution < 1.29 is 22.5 Å². The van der Waals surface area contributed by atoms with Gasteiger partial charge in [0.25, 0.3) is 0 Å². The number of carbonyl (C=O) groups excluding carboxylic acids is 1. The van der Waals surface area contributed by atoms with E-state index in [0.717, 1.165) is 0 Å². The summed E-state index contributed by atoms with van der Waals surface area (Å²) in [4.78, 5) is 11.2. The van der Waals surface area contributed by atoms with Gasteiger partial charge in [-0.3, -0.25) is 4.79 Å². The zero-order valence-electron chi connectivity index (χ0n) is 8.34. The van der Waals surface area contributed by atoms with Gasteiger partial charge < -0.3 is 15.6 Å². The average Bonchev–Trinajstić information content (AvgIpc) is 2.64. The molecule has 0 fully saturated rings. The molecule has 0 aliphatic carbocycles. The van der Waals surface area contributed by atoms with Crippen molar-refractivity contribution in [1.82, 2.24) is 10.5 Å². The minimum atomic E-state index is -4.81. The van der Waals surface area contributed by atoms with Crippen molar-refractivity contribution in [1.29, 1.82) is 0 Å². The second-order valence-corrected chi connectivity index (χ2v) is 3.36. The summed E-state index contributed by atoms with van der Waals surface area (Å²) in [5, 5.41) is 5.35. The molecule has 0 spiro atoms. The van der Waals surface area contributed by atoms with Crippen LogP contribution in [-0.2, 0) is 11.3 Å². The molecule has 90 valence electrons. The third-order valence-electron chi connectivity index (χ3n) is 1.97. The molecule has 5 nitrogen and oxygen atoms in total. The Morgan fingerprint density at radius 3 is 2.69 bits per heavy atom. The van der Waals surface area contributed by atoms with Crippen molar-refractivity contribution in [2.24, 2.45) is 5.73 Å². The van der Waals surface area contributed by atoms with Crippen LogP contribution < -0.4 is 11.1 Å². The van der Waals surface area contributed by atoms with Crippen LogP contribution in [0.3, 0.4) is 0 Å². The Kier molecular flexibility index (Phi) is 3.22. The third kappa shape index (κ3) is 2.51. The molecule has 1 aromatic heterocycles. The SMILES string of the molecule is CC(N)(C(=O)NCc1ccno1)C(F)(F)F. The maximum Gasteiger partial charge on any atom is 0.415 e. The number of nitrogens with zero attached hydrogens (tertiary/aromatic N) is 1. The lowest BCUT2D eigenvalue weighted by molar-refractivity contribution is -0.187. The molecule has 0 aliphatic rings. The highest BCUT2D eigenvalue weighted by Crippen LogP contribution is 2.27. The van der Waals surface area contributed by atoms with Crippen molar-refractivity contribution >= 4 is 5.91 Å². The predicted octanol–water partition coefficient (Wildman–Crippen LogP) is 0.570. The number of aromatic nitrogens is 1. The van der Waals surface area contributed by atoms with Crippen molar-refractivity contribution in [3.63, 3.8) is 0 Å². The van der Waals surface area contributed by atoms with E-state index in [9.17, 15) is 18.0 Å². The van der Waals surface area contributed by atoms with Gasteiger partial charge in [-0.25, -0.2) is 0 Å². The number of nitrogens with two attached hydrogens (primary N) is 1. The van der Waals surface area contributed by atoms with E-state index in [1.165, 1.54) is 12.3 Å². The fraction of sp³-hybridized carbons (Fsp3) is 0.500. The van der Waals surface area contributed by atoms with Crippen LogP contribution in [0.1, 0.15) is 12.7 Å². The molecule has 0 aliphatic heterocycles. The number of rotatable bonds is 3. The molecule has 1 atom stereocenters. The minimum Gasteiger partial charge on any atom is -0.360 e. The van der Waals surface area contributed by atoms with Gasteiger partial charge in [0.2, 0.25) is 5.91 Å². The van der Waals surface area contributed by atoms with Gasteiger partial charge in [0.15, 0.2) is 11.3 Å². The Bertz CT molecular complexity index is 359. The summed E-state index contributed by atoms with van der Waals surface area (Å²) < 4.78 is 41.6. The van der Waals surface area contributed by atoms with E-state index >= 15 is 0 Å². The van der Waals surface area contributed by atoms with Crippen molar-refractivity contribution in [3.8, 4) is 0 Å². The Morgan fingerprint density at radius 2 is 2.25 bits per heavy atom. The van der Waals surface area contributed by atoms with E-state index in [1.807, 2.05) is 5.32 Å². The van der Waals surface area contributed by atoms with Gasteiger partial charge in [0, 0.05) is 6.07 Å². The van der Waals surface area contributed by atoms with Crippen molar-refractivity contribution in [3.05, 3.63) is 18.0 Å². The first-order valence-electron chi connectivity index (χ1n) is 4.28. The summed E-state index contributed by atoms with van der Waals surface area (Å²) in [6.45, 7) is 0.407. The highest BCUT2D eigenvalue weighted by Gasteiger charge is 2.53. The van der Waals surface area contributed by atoms with Crippen LogP contribution in [0.5, 0.6) is 0 Å². The van der Waals surface area contributed by atoms with Crippen LogP contribution >= 0.6 is 0 Å². The number of hydrogen-bond donors (Lipinski definition) is 2. The Morgan fingerprint density at radius 1 is 1.62 bits per heavy atom. The second-order valence-electron chi connectivity index (χ2n) is 3.36. The molecule has 0 radical (unpaired) electrons. The number of carbonyl (C=O) groups is 1. The van der Waals surface area contributed by atoms with Crippen LogP contribution in [-0.4, -0.2) is 22.8 Å². The van der Waals surface area contributed by atoms with Crippen LogP contribution in [0.4, 0.5) is 13.2 Å². The van der Waals surface area contributed by atoms with E-state index in [2.05, 4.69) is 9.68 Å². The standard InChI is InChI=1S/C8H10F3N3O2/c1-7(12,8(9,10)11)6(15)13-4-5-2-3-14-16-5/h2-3H,4,12H2,1H3,(H,13,15). The summed E-state index contributed by atoms with van der Waals surface area (Å²) in [6.07, 6.45) is -3.49. The largest absolute Gasteiger partial charge is 0.415 e. The van der Waals surface area contributed by atoms with Gasteiger partial charge in [-0.15, -0.1) is 0 Å². The molecule has 1 amide bonds. The quantitative estimate of drug-likeness (QED) is 0.805. The summed E-state index contributed by atoms with van der Waals surface area (Å²) in [6, 6.07) is 1.42. The lowest BCUT2D eigenvalue weighted by atomic mass is 10.0. The highest BCUT2D eigenvalue weighted by atomic mass is 19.4. The molecule has 3 N–H and O–H groups in total. The minimum absolute atomic E-state index is 0.193. The first-order valence-corrected chi connectivity index (χ1v) is 4.28. The van der Waals surface area contributed by atoms with E-state index in [1.54, 1.807) is 0 Å². The van der Waals surface area contributed by atoms with E-state index in [0.29, 0.717) is 6.92 Å².